The summed E-state index contributed by atoms with van der Waals surface area (Å²) in [7, 11) is 0. The van der Waals surface area contributed by atoms with Gasteiger partial charge in [0.05, 0.1) is 8.58 Å². The summed E-state index contributed by atoms with van der Waals surface area (Å²) in [6, 6.07) is 0. The molecule has 0 saturated carbocycles. The minimum atomic E-state index is -0.124. The van der Waals surface area contributed by atoms with Crippen molar-refractivity contribution in [3.8, 4) is 11.5 Å². The van der Waals surface area contributed by atoms with Gasteiger partial charge in [-0.1, -0.05) is 0 Å². The van der Waals surface area contributed by atoms with Crippen LogP contribution in [0.5, 0.6) is 0 Å². The van der Waals surface area contributed by atoms with E-state index in [2.05, 4.69) is 15.0 Å². The van der Waals surface area contributed by atoms with Gasteiger partial charge >= 0.3 is 0 Å². The molecule has 0 fully saturated rings. The van der Waals surface area contributed by atoms with E-state index in [0.717, 1.165) is 10.7 Å². The maximum atomic E-state index is 11.3. The zero-order valence-corrected chi connectivity index (χ0v) is 10.2. The van der Waals surface area contributed by atoms with Gasteiger partial charge in [-0.05, 0) is 29.5 Å². The average molecular weight is 319 g/mol. The highest BCUT2D eigenvalue weighted by Crippen LogP contribution is 2.16. The molecule has 0 aliphatic carbocycles. The number of aryl methyl sites for hydroxylation is 1. The highest BCUT2D eigenvalue weighted by molar-refractivity contribution is 14.1. The first-order valence-electron chi connectivity index (χ1n) is 3.84. The zero-order chi connectivity index (χ0) is 10.1. The van der Waals surface area contributed by atoms with E-state index in [4.69, 9.17) is 0 Å². The van der Waals surface area contributed by atoms with Crippen molar-refractivity contribution in [2.24, 2.45) is 0 Å². The molecule has 0 aliphatic heterocycles. The molecule has 0 aromatic carbocycles. The molecular weight excluding hydrogens is 313 g/mol. The van der Waals surface area contributed by atoms with Crippen LogP contribution >= 0.6 is 33.9 Å². The Bertz CT molecular complexity index is 519. The van der Waals surface area contributed by atoms with Crippen LogP contribution in [-0.2, 0) is 0 Å². The predicted octanol–water partition coefficient (Wildman–Crippen LogP) is 1.81. The van der Waals surface area contributed by atoms with E-state index in [-0.39, 0.29) is 5.56 Å². The van der Waals surface area contributed by atoms with Crippen molar-refractivity contribution in [3.63, 3.8) is 0 Å². The van der Waals surface area contributed by atoms with Gasteiger partial charge in [0.1, 0.15) is 5.69 Å². The number of aromatic amines is 1. The van der Waals surface area contributed by atoms with E-state index >= 15 is 0 Å². The molecule has 1 N–H and O–H groups in total. The van der Waals surface area contributed by atoms with E-state index in [1.54, 1.807) is 6.20 Å². The average Bonchev–Trinajstić information content (AvgIpc) is 2.57. The minimum absolute atomic E-state index is 0.124. The lowest BCUT2D eigenvalue weighted by atomic mass is 10.4. The number of rotatable bonds is 1. The molecule has 0 amide bonds. The largest absolute Gasteiger partial charge is 0.304 e. The molecule has 2 aromatic rings. The summed E-state index contributed by atoms with van der Waals surface area (Å²) in [4.78, 5) is 22.3. The van der Waals surface area contributed by atoms with Crippen LogP contribution in [0.3, 0.4) is 0 Å². The molecule has 4 nitrogen and oxygen atoms in total. The Labute approximate surface area is 97.6 Å². The van der Waals surface area contributed by atoms with Gasteiger partial charge in [-0.3, -0.25) is 4.79 Å². The fourth-order valence-electron chi connectivity index (χ4n) is 0.982. The molecule has 0 saturated heterocycles. The molecule has 0 spiro atoms. The van der Waals surface area contributed by atoms with Crippen molar-refractivity contribution >= 4 is 33.9 Å². The number of H-pyrrole nitrogens is 1. The lowest BCUT2D eigenvalue weighted by Gasteiger charge is -1.94. The fraction of sp³-hybridized carbons (Fsp3) is 0.125. The normalized spacial score (nSPS) is 10.4. The Balaban J connectivity index is 2.53. The van der Waals surface area contributed by atoms with E-state index in [0.29, 0.717) is 9.39 Å². The number of nitrogens with one attached hydrogen (secondary N) is 1. The molecule has 0 aliphatic rings. The van der Waals surface area contributed by atoms with Gasteiger partial charge in [0.25, 0.3) is 5.56 Å². The highest BCUT2D eigenvalue weighted by atomic mass is 127. The summed E-state index contributed by atoms with van der Waals surface area (Å²) in [6.45, 7) is 1.92. The summed E-state index contributed by atoms with van der Waals surface area (Å²) in [5.74, 6) is 0.528. The van der Waals surface area contributed by atoms with Gasteiger partial charge in [0, 0.05) is 11.6 Å². The Morgan fingerprint density at radius 1 is 1.57 bits per heavy atom. The van der Waals surface area contributed by atoms with Gasteiger partial charge in [-0.2, -0.15) is 0 Å². The second-order valence-corrected chi connectivity index (χ2v) is 4.89. The van der Waals surface area contributed by atoms with Crippen LogP contribution in [0, 0.1) is 10.5 Å². The van der Waals surface area contributed by atoms with Crippen molar-refractivity contribution in [1.82, 2.24) is 15.0 Å². The molecule has 0 atom stereocenters. The van der Waals surface area contributed by atoms with E-state index in [9.17, 15) is 4.79 Å². The summed E-state index contributed by atoms with van der Waals surface area (Å²) < 4.78 is 0.582. The number of hydrogen-bond donors (Lipinski definition) is 1. The van der Waals surface area contributed by atoms with Crippen molar-refractivity contribution in [2.45, 2.75) is 6.92 Å². The number of nitrogens with zero attached hydrogens (tertiary/aromatic N) is 2. The Hall–Kier alpha value is -0.760. The maximum absolute atomic E-state index is 11.3. The first kappa shape index (κ1) is 9.78. The topological polar surface area (TPSA) is 58.6 Å². The molecular formula is C8H6IN3OS. The van der Waals surface area contributed by atoms with E-state index in [1.165, 1.54) is 11.3 Å². The third-order valence-corrected chi connectivity index (χ3v) is 3.16. The van der Waals surface area contributed by atoms with Gasteiger partial charge in [0.15, 0.2) is 5.82 Å². The van der Waals surface area contributed by atoms with Gasteiger partial charge in [-0.25, -0.2) is 9.97 Å². The molecule has 0 unspecified atom stereocenters. The lowest BCUT2D eigenvalue weighted by Crippen LogP contribution is -2.11. The van der Waals surface area contributed by atoms with Crippen molar-refractivity contribution in [3.05, 3.63) is 30.5 Å². The highest BCUT2D eigenvalue weighted by Gasteiger charge is 2.05. The van der Waals surface area contributed by atoms with Crippen LogP contribution in [-0.4, -0.2) is 15.0 Å². The second kappa shape index (κ2) is 3.77. The van der Waals surface area contributed by atoms with Crippen LogP contribution < -0.4 is 5.56 Å². The third-order valence-electron chi connectivity index (χ3n) is 1.62. The van der Waals surface area contributed by atoms with Crippen LogP contribution in [0.1, 0.15) is 5.01 Å². The maximum Gasteiger partial charge on any atom is 0.264 e. The quantitative estimate of drug-likeness (QED) is 0.816. The van der Waals surface area contributed by atoms with Crippen LogP contribution in [0.25, 0.3) is 11.5 Å². The van der Waals surface area contributed by atoms with Gasteiger partial charge in [-0.15, -0.1) is 11.3 Å². The summed E-state index contributed by atoms with van der Waals surface area (Å²) in [6.07, 6.45) is 1.55. The molecule has 2 rings (SSSR count). The van der Waals surface area contributed by atoms with Gasteiger partial charge < -0.3 is 4.98 Å². The predicted molar refractivity (Wildman–Crippen MR) is 63.4 cm³/mol. The monoisotopic (exact) mass is 319 g/mol. The Morgan fingerprint density at radius 3 is 2.93 bits per heavy atom. The van der Waals surface area contributed by atoms with E-state index in [1.807, 2.05) is 34.9 Å². The number of halogens is 1. The van der Waals surface area contributed by atoms with Crippen molar-refractivity contribution < 1.29 is 0 Å². The molecule has 6 heteroatoms. The second-order valence-electron chi connectivity index (χ2n) is 2.66. The summed E-state index contributed by atoms with van der Waals surface area (Å²) in [5, 5.41) is 2.83. The SMILES string of the molecule is Cc1nc(-c2ncc(I)c(=O)[nH]2)cs1. The van der Waals surface area contributed by atoms with Crippen LogP contribution in [0.2, 0.25) is 0 Å². The number of thiazole rings is 1. The van der Waals surface area contributed by atoms with Crippen molar-refractivity contribution in [2.75, 3.05) is 0 Å². The smallest absolute Gasteiger partial charge is 0.264 e. The lowest BCUT2D eigenvalue weighted by molar-refractivity contribution is 1.09. The summed E-state index contributed by atoms with van der Waals surface area (Å²) >= 11 is 3.48. The molecule has 0 radical (unpaired) electrons. The van der Waals surface area contributed by atoms with Crippen molar-refractivity contribution in [1.29, 1.82) is 0 Å². The molecule has 2 heterocycles. The summed E-state index contributed by atoms with van der Waals surface area (Å²) in [5.41, 5.74) is 0.599. The number of hydrogen-bond acceptors (Lipinski definition) is 4. The zero-order valence-electron chi connectivity index (χ0n) is 7.24. The molecule has 14 heavy (non-hydrogen) atoms. The van der Waals surface area contributed by atoms with Gasteiger partial charge in [0.2, 0.25) is 0 Å². The third kappa shape index (κ3) is 1.85. The minimum Gasteiger partial charge on any atom is -0.304 e. The fourth-order valence-corrected chi connectivity index (χ4v) is 1.85. The molecule has 0 bridgehead atoms. The molecule has 72 valence electrons. The van der Waals surface area contributed by atoms with Crippen LogP contribution in [0.15, 0.2) is 16.4 Å². The Morgan fingerprint density at radius 2 is 2.36 bits per heavy atom. The van der Waals surface area contributed by atoms with Crippen LogP contribution in [0.4, 0.5) is 0 Å². The first-order valence-corrected chi connectivity index (χ1v) is 5.80. The van der Waals surface area contributed by atoms with E-state index < -0.39 is 0 Å². The number of aromatic nitrogens is 3. The standard InChI is InChI=1S/C8H6IN3OS/c1-4-11-6(3-14-4)7-10-2-5(9)8(13)12-7/h2-3H,1H3,(H,10,12,13). The Kier molecular flexibility index (Phi) is 2.64. The molecule has 2 aromatic heterocycles. The first-order chi connectivity index (χ1) is 6.66.